The lowest BCUT2D eigenvalue weighted by Gasteiger charge is -2.38. The van der Waals surface area contributed by atoms with Crippen molar-refractivity contribution in [2.75, 3.05) is 5.32 Å². The van der Waals surface area contributed by atoms with E-state index < -0.39 is 0 Å². The van der Waals surface area contributed by atoms with Gasteiger partial charge in [-0.1, -0.05) is 40.2 Å². The van der Waals surface area contributed by atoms with Gasteiger partial charge in [-0.05, 0) is 50.3 Å². The summed E-state index contributed by atoms with van der Waals surface area (Å²) in [5.41, 5.74) is 1.87. The Kier molecular flexibility index (Phi) is 4.60. The average Bonchev–Trinajstić information content (AvgIpc) is 2.46. The molecule has 2 aromatic carbocycles. The lowest BCUT2D eigenvalue weighted by atomic mass is 9.90. The van der Waals surface area contributed by atoms with Crippen molar-refractivity contribution in [1.29, 1.82) is 0 Å². The highest BCUT2D eigenvalue weighted by Gasteiger charge is 2.33. The van der Waals surface area contributed by atoms with Gasteiger partial charge in [0, 0.05) is 22.1 Å². The molecule has 3 nitrogen and oxygen atoms in total. The molecule has 2 N–H and O–H groups in total. The van der Waals surface area contributed by atoms with Crippen molar-refractivity contribution < 1.29 is 4.74 Å². The SMILES string of the molecule is CC1(C)C[C@@H](NC(=S)Nc2cccc(Br)c2)c2ccccc2O1. The highest BCUT2D eigenvalue weighted by atomic mass is 79.9. The van der Waals surface area contributed by atoms with Crippen LogP contribution in [-0.4, -0.2) is 10.7 Å². The van der Waals surface area contributed by atoms with Crippen LogP contribution in [0.4, 0.5) is 5.69 Å². The molecule has 0 amide bonds. The summed E-state index contributed by atoms with van der Waals surface area (Å²) >= 11 is 8.95. The summed E-state index contributed by atoms with van der Waals surface area (Å²) in [5, 5.41) is 7.27. The third kappa shape index (κ3) is 4.03. The first-order chi connectivity index (χ1) is 10.9. The second kappa shape index (κ2) is 6.49. The van der Waals surface area contributed by atoms with Crippen LogP contribution in [0.1, 0.15) is 31.9 Å². The molecule has 0 saturated heterocycles. The van der Waals surface area contributed by atoms with Gasteiger partial charge in [0.1, 0.15) is 11.4 Å². The fourth-order valence-corrected chi connectivity index (χ4v) is 3.48. The van der Waals surface area contributed by atoms with Crippen molar-refractivity contribution in [3.05, 3.63) is 58.6 Å². The van der Waals surface area contributed by atoms with Gasteiger partial charge in [0.25, 0.3) is 0 Å². The number of benzene rings is 2. The van der Waals surface area contributed by atoms with Crippen LogP contribution in [0, 0.1) is 0 Å². The van der Waals surface area contributed by atoms with Crippen LogP contribution >= 0.6 is 28.1 Å². The summed E-state index contributed by atoms with van der Waals surface area (Å²) in [6.45, 7) is 4.20. The molecular formula is C18H19BrN2OS. The number of rotatable bonds is 2. The minimum atomic E-state index is -0.225. The molecule has 1 aliphatic heterocycles. The highest BCUT2D eigenvalue weighted by molar-refractivity contribution is 9.10. The Morgan fingerprint density at radius 1 is 1.22 bits per heavy atom. The number of hydrogen-bond acceptors (Lipinski definition) is 2. The first kappa shape index (κ1) is 16.3. The second-order valence-corrected chi connectivity index (χ2v) is 7.59. The largest absolute Gasteiger partial charge is 0.487 e. The summed E-state index contributed by atoms with van der Waals surface area (Å²) in [6, 6.07) is 16.2. The maximum Gasteiger partial charge on any atom is 0.171 e. The first-order valence-corrected chi connectivity index (χ1v) is 8.74. The van der Waals surface area contributed by atoms with Crippen LogP contribution in [0.3, 0.4) is 0 Å². The normalized spacial score (nSPS) is 18.5. The smallest absolute Gasteiger partial charge is 0.171 e. The Labute approximate surface area is 150 Å². The molecule has 1 atom stereocenters. The van der Waals surface area contributed by atoms with Gasteiger partial charge in [-0.3, -0.25) is 0 Å². The fraction of sp³-hybridized carbons (Fsp3) is 0.278. The molecule has 0 aliphatic carbocycles. The van der Waals surface area contributed by atoms with Gasteiger partial charge < -0.3 is 15.4 Å². The maximum atomic E-state index is 6.06. The van der Waals surface area contributed by atoms with Crippen molar-refractivity contribution >= 4 is 38.9 Å². The molecule has 120 valence electrons. The summed E-state index contributed by atoms with van der Waals surface area (Å²) in [7, 11) is 0. The fourth-order valence-electron chi connectivity index (χ4n) is 2.82. The molecular weight excluding hydrogens is 372 g/mol. The Morgan fingerprint density at radius 2 is 2.00 bits per heavy atom. The molecule has 0 bridgehead atoms. The molecule has 1 heterocycles. The standard InChI is InChI=1S/C18H19BrN2OS/c1-18(2)11-15(14-8-3-4-9-16(14)22-18)21-17(23)20-13-7-5-6-12(19)10-13/h3-10,15H,11H2,1-2H3,(H2,20,21,23)/t15-/m1/s1. The molecule has 2 aromatic rings. The summed E-state index contributed by atoms with van der Waals surface area (Å²) in [6.07, 6.45) is 0.852. The predicted molar refractivity (Wildman–Crippen MR) is 102 cm³/mol. The third-order valence-electron chi connectivity index (χ3n) is 3.76. The Balaban J connectivity index is 1.75. The van der Waals surface area contributed by atoms with Crippen LogP contribution in [0.15, 0.2) is 53.0 Å². The van der Waals surface area contributed by atoms with E-state index in [1.54, 1.807) is 0 Å². The van der Waals surface area contributed by atoms with Crippen LogP contribution in [0.25, 0.3) is 0 Å². The minimum Gasteiger partial charge on any atom is -0.487 e. The van der Waals surface area contributed by atoms with Crippen LogP contribution in [0.5, 0.6) is 5.75 Å². The van der Waals surface area contributed by atoms with Crippen molar-refractivity contribution in [3.63, 3.8) is 0 Å². The monoisotopic (exact) mass is 390 g/mol. The van der Waals surface area contributed by atoms with Gasteiger partial charge in [-0.2, -0.15) is 0 Å². The Morgan fingerprint density at radius 3 is 2.78 bits per heavy atom. The molecule has 0 fully saturated rings. The van der Waals surface area contributed by atoms with Crippen LogP contribution < -0.4 is 15.4 Å². The van der Waals surface area contributed by atoms with Gasteiger partial charge in [-0.15, -0.1) is 0 Å². The topological polar surface area (TPSA) is 33.3 Å². The lowest BCUT2D eigenvalue weighted by Crippen LogP contribution is -2.42. The van der Waals surface area contributed by atoms with E-state index in [0.29, 0.717) is 5.11 Å². The average molecular weight is 391 g/mol. The van der Waals surface area contributed by atoms with E-state index in [-0.39, 0.29) is 11.6 Å². The predicted octanol–water partition coefficient (Wildman–Crippen LogP) is 5.04. The van der Waals surface area contributed by atoms with Crippen molar-refractivity contribution in [2.45, 2.75) is 31.9 Å². The quantitative estimate of drug-likeness (QED) is 0.703. The van der Waals surface area contributed by atoms with E-state index in [0.717, 1.165) is 27.9 Å². The molecule has 0 aromatic heterocycles. The zero-order valence-electron chi connectivity index (χ0n) is 13.1. The summed E-state index contributed by atoms with van der Waals surface area (Å²) in [4.78, 5) is 0. The molecule has 3 rings (SSSR count). The van der Waals surface area contributed by atoms with Gasteiger partial charge in [0.15, 0.2) is 5.11 Å². The number of thiocarbonyl (C=S) groups is 1. The maximum absolute atomic E-state index is 6.06. The highest BCUT2D eigenvalue weighted by Crippen LogP contribution is 2.39. The Hall–Kier alpha value is -1.59. The number of para-hydroxylation sites is 1. The first-order valence-electron chi connectivity index (χ1n) is 7.54. The summed E-state index contributed by atoms with van der Waals surface area (Å²) < 4.78 is 7.07. The lowest BCUT2D eigenvalue weighted by molar-refractivity contribution is 0.0697. The number of nitrogens with one attached hydrogen (secondary N) is 2. The molecule has 0 saturated carbocycles. The van der Waals surface area contributed by atoms with E-state index in [1.807, 2.05) is 42.5 Å². The van der Waals surface area contributed by atoms with E-state index in [4.69, 9.17) is 17.0 Å². The van der Waals surface area contributed by atoms with Gasteiger partial charge in [0.05, 0.1) is 6.04 Å². The number of anilines is 1. The second-order valence-electron chi connectivity index (χ2n) is 6.27. The molecule has 5 heteroatoms. The molecule has 0 spiro atoms. The molecule has 0 unspecified atom stereocenters. The number of halogens is 1. The number of fused-ring (bicyclic) bond motifs is 1. The van der Waals surface area contributed by atoms with Gasteiger partial charge in [0.2, 0.25) is 0 Å². The van der Waals surface area contributed by atoms with Crippen molar-refractivity contribution in [3.8, 4) is 5.75 Å². The molecule has 1 aliphatic rings. The van der Waals surface area contributed by atoms with E-state index in [1.165, 1.54) is 0 Å². The zero-order chi connectivity index (χ0) is 16.4. The van der Waals surface area contributed by atoms with E-state index in [2.05, 4.69) is 46.5 Å². The number of hydrogen-bond donors (Lipinski definition) is 2. The van der Waals surface area contributed by atoms with Crippen LogP contribution in [-0.2, 0) is 0 Å². The van der Waals surface area contributed by atoms with Gasteiger partial charge >= 0.3 is 0 Å². The third-order valence-corrected chi connectivity index (χ3v) is 4.48. The minimum absolute atomic E-state index is 0.127. The summed E-state index contributed by atoms with van der Waals surface area (Å²) in [5.74, 6) is 0.923. The van der Waals surface area contributed by atoms with Crippen molar-refractivity contribution in [2.24, 2.45) is 0 Å². The molecule has 0 radical (unpaired) electrons. The van der Waals surface area contributed by atoms with Crippen LogP contribution in [0.2, 0.25) is 0 Å². The van der Waals surface area contributed by atoms with Gasteiger partial charge in [-0.25, -0.2) is 0 Å². The Bertz CT molecular complexity index is 732. The van der Waals surface area contributed by atoms with E-state index in [9.17, 15) is 0 Å². The zero-order valence-corrected chi connectivity index (χ0v) is 15.5. The molecule has 23 heavy (non-hydrogen) atoms. The number of ether oxygens (including phenoxy) is 1. The van der Waals surface area contributed by atoms with Crippen molar-refractivity contribution in [1.82, 2.24) is 5.32 Å². The van der Waals surface area contributed by atoms with E-state index >= 15 is 0 Å².